The molecule has 0 aliphatic rings. The fourth-order valence-electron chi connectivity index (χ4n) is 2.28. The van der Waals surface area contributed by atoms with E-state index in [2.05, 4.69) is 15.0 Å². The van der Waals surface area contributed by atoms with Crippen molar-refractivity contribution in [2.45, 2.75) is 13.5 Å². The van der Waals surface area contributed by atoms with Crippen molar-refractivity contribution in [1.82, 2.24) is 19.9 Å². The number of imidazole rings is 1. The van der Waals surface area contributed by atoms with Gasteiger partial charge in [0.1, 0.15) is 11.3 Å². The molecule has 7 heteroatoms. The van der Waals surface area contributed by atoms with E-state index in [1.807, 2.05) is 19.1 Å². The van der Waals surface area contributed by atoms with E-state index in [-0.39, 0.29) is 0 Å². The predicted octanol–water partition coefficient (Wildman–Crippen LogP) is 2.32. The molecule has 0 aliphatic heterocycles. The largest absolute Gasteiger partial charge is 0.382 e. The van der Waals surface area contributed by atoms with Gasteiger partial charge in [-0.3, -0.25) is 4.79 Å². The van der Waals surface area contributed by atoms with Crippen LogP contribution in [-0.2, 0) is 11.3 Å². The van der Waals surface area contributed by atoms with Gasteiger partial charge in [-0.05, 0) is 25.1 Å². The van der Waals surface area contributed by atoms with Crippen molar-refractivity contribution in [1.29, 1.82) is 0 Å². The third-order valence-corrected chi connectivity index (χ3v) is 3.61. The van der Waals surface area contributed by atoms with Gasteiger partial charge >= 0.3 is 0 Å². The van der Waals surface area contributed by atoms with E-state index in [0.717, 1.165) is 22.8 Å². The molecule has 0 bridgehead atoms. The van der Waals surface area contributed by atoms with Crippen LogP contribution in [-0.4, -0.2) is 32.8 Å². The number of hydrogen-bond donors (Lipinski definition) is 2. The van der Waals surface area contributed by atoms with Gasteiger partial charge in [0.2, 0.25) is 6.41 Å². The Morgan fingerprint density at radius 3 is 2.95 bits per heavy atom. The number of nitrogens with one attached hydrogen (secondary N) is 1. The summed E-state index contributed by atoms with van der Waals surface area (Å²) in [6.07, 6.45) is 0.795. The fourth-order valence-corrected chi connectivity index (χ4v) is 2.45. The maximum absolute atomic E-state index is 10.9. The Bertz CT molecular complexity index is 829. The number of aromatic nitrogens is 3. The first-order valence-corrected chi connectivity index (χ1v) is 6.93. The predicted molar refractivity (Wildman–Crippen MR) is 83.0 cm³/mol. The summed E-state index contributed by atoms with van der Waals surface area (Å²) < 4.78 is 0. The molecule has 0 aliphatic carbocycles. The quantitative estimate of drug-likeness (QED) is 0.724. The molecule has 21 heavy (non-hydrogen) atoms. The molecule has 0 saturated carbocycles. The van der Waals surface area contributed by atoms with Crippen molar-refractivity contribution < 1.29 is 4.79 Å². The summed E-state index contributed by atoms with van der Waals surface area (Å²) in [4.78, 5) is 24.5. The molecule has 108 valence electrons. The molecular formula is C14H14ClN5O. The number of anilines is 1. The average molecular weight is 304 g/mol. The van der Waals surface area contributed by atoms with Crippen LogP contribution >= 0.6 is 11.6 Å². The number of nitrogen functional groups attached to an aromatic ring is 1. The van der Waals surface area contributed by atoms with E-state index in [1.54, 1.807) is 11.0 Å². The number of aromatic amines is 1. The summed E-state index contributed by atoms with van der Waals surface area (Å²) in [5.41, 5.74) is 8.10. The minimum absolute atomic E-state index is 0.358. The van der Waals surface area contributed by atoms with E-state index < -0.39 is 0 Å². The molecule has 0 unspecified atom stereocenters. The molecule has 6 nitrogen and oxygen atoms in total. The summed E-state index contributed by atoms with van der Waals surface area (Å²) in [5, 5.41) is 1.48. The van der Waals surface area contributed by atoms with Crippen molar-refractivity contribution >= 4 is 45.8 Å². The third kappa shape index (κ3) is 2.38. The Hall–Kier alpha value is -2.34. The number of hydrogen-bond acceptors (Lipinski definition) is 4. The highest BCUT2D eigenvalue weighted by molar-refractivity contribution is 6.31. The van der Waals surface area contributed by atoms with Gasteiger partial charge in [-0.1, -0.05) is 11.6 Å². The molecule has 1 amide bonds. The highest BCUT2D eigenvalue weighted by atomic mass is 35.5. The molecule has 1 aromatic carbocycles. The molecule has 2 aromatic heterocycles. The number of halogens is 1. The number of rotatable bonds is 4. The minimum Gasteiger partial charge on any atom is -0.382 e. The molecule has 0 spiro atoms. The summed E-state index contributed by atoms with van der Waals surface area (Å²) in [7, 11) is 0. The van der Waals surface area contributed by atoms with Crippen LogP contribution in [0, 0.1) is 0 Å². The van der Waals surface area contributed by atoms with Crippen LogP contribution < -0.4 is 5.73 Å². The van der Waals surface area contributed by atoms with Crippen molar-refractivity contribution in [3.8, 4) is 0 Å². The van der Waals surface area contributed by atoms with Gasteiger partial charge in [-0.25, -0.2) is 9.97 Å². The van der Waals surface area contributed by atoms with Gasteiger partial charge in [0, 0.05) is 17.0 Å². The van der Waals surface area contributed by atoms with Crippen LogP contribution in [0.4, 0.5) is 5.82 Å². The Labute approximate surface area is 125 Å². The van der Waals surface area contributed by atoms with E-state index in [4.69, 9.17) is 17.3 Å². The fraction of sp³-hybridized carbons (Fsp3) is 0.214. The van der Waals surface area contributed by atoms with Crippen molar-refractivity contribution in [2.24, 2.45) is 0 Å². The summed E-state index contributed by atoms with van der Waals surface area (Å²) in [6, 6.07) is 5.41. The molecular weight excluding hydrogens is 290 g/mol. The maximum atomic E-state index is 10.9. The lowest BCUT2D eigenvalue weighted by Gasteiger charge is -2.11. The SMILES string of the molecule is CCN(C=O)Cc1nc2c(N)nc3ccc(Cl)cc3c2[nH]1. The summed E-state index contributed by atoms with van der Waals surface area (Å²) in [6.45, 7) is 2.92. The van der Waals surface area contributed by atoms with E-state index in [9.17, 15) is 4.79 Å². The van der Waals surface area contributed by atoms with Crippen molar-refractivity contribution in [3.05, 3.63) is 29.0 Å². The molecule has 0 fully saturated rings. The normalized spacial score (nSPS) is 11.1. The van der Waals surface area contributed by atoms with Crippen LogP contribution in [0.2, 0.25) is 5.02 Å². The molecule has 2 heterocycles. The Balaban J connectivity index is 2.19. The average Bonchev–Trinajstić information content (AvgIpc) is 2.90. The first kappa shape index (κ1) is 13.6. The lowest BCUT2D eigenvalue weighted by atomic mass is 10.2. The van der Waals surface area contributed by atoms with Crippen molar-refractivity contribution in [3.63, 3.8) is 0 Å². The first-order chi connectivity index (χ1) is 10.1. The van der Waals surface area contributed by atoms with Crippen LogP contribution in [0.1, 0.15) is 12.7 Å². The molecule has 0 saturated heterocycles. The Morgan fingerprint density at radius 2 is 2.24 bits per heavy atom. The summed E-state index contributed by atoms with van der Waals surface area (Å²) in [5.74, 6) is 1.02. The number of benzene rings is 1. The van der Waals surface area contributed by atoms with E-state index >= 15 is 0 Å². The monoisotopic (exact) mass is 303 g/mol. The van der Waals surface area contributed by atoms with Gasteiger partial charge in [0.05, 0.1) is 17.6 Å². The highest BCUT2D eigenvalue weighted by Crippen LogP contribution is 2.28. The third-order valence-electron chi connectivity index (χ3n) is 3.37. The summed E-state index contributed by atoms with van der Waals surface area (Å²) >= 11 is 6.05. The number of H-pyrrole nitrogens is 1. The number of amides is 1. The number of nitrogens with two attached hydrogens (primary N) is 1. The van der Waals surface area contributed by atoms with Gasteiger partial charge in [0.25, 0.3) is 0 Å². The lowest BCUT2D eigenvalue weighted by molar-refractivity contribution is -0.118. The topological polar surface area (TPSA) is 87.9 Å². The second-order valence-corrected chi connectivity index (χ2v) is 5.17. The second kappa shape index (κ2) is 5.21. The molecule has 3 rings (SSSR count). The first-order valence-electron chi connectivity index (χ1n) is 6.55. The van der Waals surface area contributed by atoms with Crippen LogP contribution in [0.5, 0.6) is 0 Å². The standard InChI is InChI=1S/C14H14ClN5O/c1-2-20(7-21)6-11-18-12-9-5-8(15)3-4-10(9)17-14(16)13(12)19-11/h3-5,7H,2,6H2,1H3,(H2,16,17)(H,18,19). The van der Waals surface area contributed by atoms with Crippen molar-refractivity contribution in [2.75, 3.05) is 12.3 Å². The number of pyridine rings is 1. The molecule has 0 atom stereocenters. The molecule has 0 radical (unpaired) electrons. The number of carbonyl (C=O) groups is 1. The van der Waals surface area contributed by atoms with Gasteiger partial charge in [0.15, 0.2) is 5.82 Å². The van der Waals surface area contributed by atoms with E-state index in [0.29, 0.717) is 35.3 Å². The van der Waals surface area contributed by atoms with Gasteiger partial charge < -0.3 is 15.6 Å². The maximum Gasteiger partial charge on any atom is 0.210 e. The van der Waals surface area contributed by atoms with Crippen LogP contribution in [0.25, 0.3) is 21.9 Å². The zero-order valence-corrected chi connectivity index (χ0v) is 12.2. The zero-order valence-electron chi connectivity index (χ0n) is 11.4. The van der Waals surface area contributed by atoms with E-state index in [1.165, 1.54) is 0 Å². The van der Waals surface area contributed by atoms with Gasteiger partial charge in [-0.15, -0.1) is 0 Å². The Kier molecular flexibility index (Phi) is 3.39. The van der Waals surface area contributed by atoms with Crippen LogP contribution in [0.3, 0.4) is 0 Å². The smallest absolute Gasteiger partial charge is 0.210 e. The van der Waals surface area contributed by atoms with Gasteiger partial charge in [-0.2, -0.15) is 0 Å². The lowest BCUT2D eigenvalue weighted by Crippen LogP contribution is -2.21. The Morgan fingerprint density at radius 1 is 1.43 bits per heavy atom. The minimum atomic E-state index is 0.358. The highest BCUT2D eigenvalue weighted by Gasteiger charge is 2.13. The number of fused-ring (bicyclic) bond motifs is 3. The number of carbonyl (C=O) groups excluding carboxylic acids is 1. The molecule has 3 aromatic rings. The molecule has 3 N–H and O–H groups in total. The number of nitrogens with zero attached hydrogens (tertiary/aromatic N) is 3. The second-order valence-electron chi connectivity index (χ2n) is 4.73. The zero-order chi connectivity index (χ0) is 15.0. The van der Waals surface area contributed by atoms with Crippen LogP contribution in [0.15, 0.2) is 18.2 Å².